The molecule has 0 aliphatic rings. The molecular weight excluding hydrogens is 206 g/mol. The molecule has 0 saturated carbocycles. The molecular formula is C11H13N3O2. The molecule has 5 heteroatoms. The number of aromatic nitrogens is 3. The van der Waals surface area contributed by atoms with Crippen LogP contribution in [0.5, 0.6) is 5.88 Å². The third kappa shape index (κ3) is 1.76. The van der Waals surface area contributed by atoms with Crippen LogP contribution in [0.25, 0.3) is 5.65 Å². The smallest absolute Gasteiger partial charge is 0.230 e. The average Bonchev–Trinajstić information content (AvgIpc) is 2.54. The SMILES string of the molecule is COc1cn2c(CC(C)=O)c(C)nc2cn1. The van der Waals surface area contributed by atoms with Gasteiger partial charge in [0.2, 0.25) is 5.88 Å². The van der Waals surface area contributed by atoms with Gasteiger partial charge in [-0.25, -0.2) is 9.97 Å². The first-order valence-corrected chi connectivity index (χ1v) is 4.99. The van der Waals surface area contributed by atoms with Crippen molar-refractivity contribution in [3.8, 4) is 5.88 Å². The van der Waals surface area contributed by atoms with E-state index >= 15 is 0 Å². The van der Waals surface area contributed by atoms with Crippen molar-refractivity contribution in [3.05, 3.63) is 23.8 Å². The summed E-state index contributed by atoms with van der Waals surface area (Å²) in [6, 6.07) is 0. The molecule has 84 valence electrons. The van der Waals surface area contributed by atoms with E-state index in [4.69, 9.17) is 4.74 Å². The minimum absolute atomic E-state index is 0.112. The summed E-state index contributed by atoms with van der Waals surface area (Å²) in [7, 11) is 1.56. The molecule has 0 N–H and O–H groups in total. The largest absolute Gasteiger partial charge is 0.480 e. The summed E-state index contributed by atoms with van der Waals surface area (Å²) in [4.78, 5) is 19.6. The van der Waals surface area contributed by atoms with Crippen LogP contribution in [0.1, 0.15) is 18.3 Å². The van der Waals surface area contributed by atoms with E-state index in [0.717, 1.165) is 17.0 Å². The van der Waals surface area contributed by atoms with E-state index in [1.165, 1.54) is 0 Å². The number of nitrogens with zero attached hydrogens (tertiary/aromatic N) is 3. The van der Waals surface area contributed by atoms with E-state index in [0.29, 0.717) is 12.3 Å². The summed E-state index contributed by atoms with van der Waals surface area (Å²) in [5.41, 5.74) is 2.48. The van der Waals surface area contributed by atoms with Gasteiger partial charge < -0.3 is 4.74 Å². The van der Waals surface area contributed by atoms with Gasteiger partial charge in [-0.2, -0.15) is 0 Å². The lowest BCUT2D eigenvalue weighted by Crippen LogP contribution is -2.02. The number of imidazole rings is 1. The first-order valence-electron chi connectivity index (χ1n) is 4.99. The van der Waals surface area contributed by atoms with Crippen molar-refractivity contribution in [1.82, 2.24) is 14.4 Å². The van der Waals surface area contributed by atoms with Crippen molar-refractivity contribution in [2.75, 3.05) is 7.11 Å². The van der Waals surface area contributed by atoms with Gasteiger partial charge in [0, 0.05) is 6.42 Å². The second-order valence-corrected chi connectivity index (χ2v) is 3.68. The van der Waals surface area contributed by atoms with Crippen LogP contribution >= 0.6 is 0 Å². The number of Topliss-reactive ketones (excluding diaryl/α,β-unsaturated/α-hetero) is 1. The second kappa shape index (κ2) is 3.92. The van der Waals surface area contributed by atoms with Crippen LogP contribution in [0.4, 0.5) is 0 Å². The zero-order valence-corrected chi connectivity index (χ0v) is 9.52. The molecule has 0 bridgehead atoms. The van der Waals surface area contributed by atoms with Crippen molar-refractivity contribution in [2.45, 2.75) is 20.3 Å². The third-order valence-corrected chi connectivity index (χ3v) is 2.41. The number of carbonyl (C=O) groups excluding carboxylic acids is 1. The predicted molar refractivity (Wildman–Crippen MR) is 58.7 cm³/mol. The van der Waals surface area contributed by atoms with E-state index in [-0.39, 0.29) is 5.78 Å². The summed E-state index contributed by atoms with van der Waals surface area (Å²) >= 11 is 0. The van der Waals surface area contributed by atoms with E-state index < -0.39 is 0 Å². The predicted octanol–water partition coefficient (Wildman–Crippen LogP) is 1.18. The van der Waals surface area contributed by atoms with Gasteiger partial charge in [-0.3, -0.25) is 9.20 Å². The molecule has 0 saturated heterocycles. The number of carbonyl (C=O) groups is 1. The van der Waals surface area contributed by atoms with Gasteiger partial charge in [0.25, 0.3) is 0 Å². The zero-order valence-electron chi connectivity index (χ0n) is 9.52. The highest BCUT2D eigenvalue weighted by Gasteiger charge is 2.11. The van der Waals surface area contributed by atoms with Crippen LogP contribution in [-0.4, -0.2) is 27.3 Å². The zero-order chi connectivity index (χ0) is 11.7. The number of ether oxygens (including phenoxy) is 1. The number of ketones is 1. The molecule has 0 unspecified atom stereocenters. The van der Waals surface area contributed by atoms with E-state index in [1.54, 1.807) is 26.4 Å². The molecule has 0 amide bonds. The quantitative estimate of drug-likeness (QED) is 0.777. The molecule has 2 aromatic heterocycles. The topological polar surface area (TPSA) is 56.5 Å². The number of methoxy groups -OCH3 is 1. The fourth-order valence-corrected chi connectivity index (χ4v) is 1.66. The first kappa shape index (κ1) is 10.6. The maximum Gasteiger partial charge on any atom is 0.230 e. The molecule has 0 spiro atoms. The third-order valence-electron chi connectivity index (χ3n) is 2.41. The lowest BCUT2D eigenvalue weighted by molar-refractivity contribution is -0.116. The highest BCUT2D eigenvalue weighted by atomic mass is 16.5. The molecule has 0 aromatic carbocycles. The summed E-state index contributed by atoms with van der Waals surface area (Å²) in [5, 5.41) is 0. The Kier molecular flexibility index (Phi) is 2.60. The Morgan fingerprint density at radius 1 is 1.56 bits per heavy atom. The van der Waals surface area contributed by atoms with Gasteiger partial charge in [0.1, 0.15) is 5.78 Å². The molecule has 16 heavy (non-hydrogen) atoms. The van der Waals surface area contributed by atoms with Crippen molar-refractivity contribution in [3.63, 3.8) is 0 Å². The Bertz CT molecular complexity index is 545. The van der Waals surface area contributed by atoms with Gasteiger partial charge in [-0.1, -0.05) is 0 Å². The van der Waals surface area contributed by atoms with Crippen LogP contribution in [0, 0.1) is 6.92 Å². The molecule has 0 radical (unpaired) electrons. The highest BCUT2D eigenvalue weighted by molar-refractivity contribution is 5.78. The van der Waals surface area contributed by atoms with Gasteiger partial charge in [-0.05, 0) is 13.8 Å². The Labute approximate surface area is 93.1 Å². The maximum atomic E-state index is 11.2. The van der Waals surface area contributed by atoms with E-state index in [1.807, 2.05) is 11.3 Å². The summed E-state index contributed by atoms with van der Waals surface area (Å²) in [6.07, 6.45) is 3.75. The van der Waals surface area contributed by atoms with Crippen LogP contribution in [0.3, 0.4) is 0 Å². The molecule has 2 aromatic rings. The fraction of sp³-hybridized carbons (Fsp3) is 0.364. The minimum Gasteiger partial charge on any atom is -0.480 e. The summed E-state index contributed by atoms with van der Waals surface area (Å²) in [6.45, 7) is 3.45. The van der Waals surface area contributed by atoms with Crippen molar-refractivity contribution in [2.24, 2.45) is 0 Å². The normalized spacial score (nSPS) is 10.7. The number of fused-ring (bicyclic) bond motifs is 1. The summed E-state index contributed by atoms with van der Waals surface area (Å²) < 4.78 is 6.90. The van der Waals surface area contributed by atoms with Crippen molar-refractivity contribution >= 4 is 11.4 Å². The monoisotopic (exact) mass is 219 g/mol. The van der Waals surface area contributed by atoms with E-state index in [2.05, 4.69) is 9.97 Å². The van der Waals surface area contributed by atoms with Crippen LogP contribution in [0.15, 0.2) is 12.4 Å². The van der Waals surface area contributed by atoms with Gasteiger partial charge in [-0.15, -0.1) is 0 Å². The molecule has 0 atom stereocenters. The number of hydrogen-bond donors (Lipinski definition) is 0. The van der Waals surface area contributed by atoms with E-state index in [9.17, 15) is 4.79 Å². The molecule has 0 fully saturated rings. The maximum absolute atomic E-state index is 11.2. The molecule has 2 heterocycles. The molecule has 0 aliphatic heterocycles. The highest BCUT2D eigenvalue weighted by Crippen LogP contribution is 2.15. The first-order chi connectivity index (χ1) is 7.61. The molecule has 2 rings (SSSR count). The fourth-order valence-electron chi connectivity index (χ4n) is 1.66. The minimum atomic E-state index is 0.112. The number of rotatable bonds is 3. The number of aryl methyl sites for hydroxylation is 1. The Morgan fingerprint density at radius 2 is 2.31 bits per heavy atom. The van der Waals surface area contributed by atoms with Gasteiger partial charge >= 0.3 is 0 Å². The Morgan fingerprint density at radius 3 is 2.94 bits per heavy atom. The van der Waals surface area contributed by atoms with Crippen molar-refractivity contribution < 1.29 is 9.53 Å². The van der Waals surface area contributed by atoms with Crippen LogP contribution < -0.4 is 4.74 Å². The van der Waals surface area contributed by atoms with Crippen molar-refractivity contribution in [1.29, 1.82) is 0 Å². The van der Waals surface area contributed by atoms with Crippen LogP contribution in [-0.2, 0) is 11.2 Å². The lowest BCUT2D eigenvalue weighted by Gasteiger charge is -2.02. The molecule has 0 aliphatic carbocycles. The standard InChI is InChI=1S/C11H13N3O2/c1-7(15)4-9-8(2)13-10-5-12-11(16-3)6-14(9)10/h5-6H,4H2,1-3H3. The number of hydrogen-bond acceptors (Lipinski definition) is 4. The Hall–Kier alpha value is -1.91. The van der Waals surface area contributed by atoms with Gasteiger partial charge in [0.05, 0.1) is 30.9 Å². The lowest BCUT2D eigenvalue weighted by atomic mass is 10.2. The average molecular weight is 219 g/mol. The molecule has 5 nitrogen and oxygen atoms in total. The van der Waals surface area contributed by atoms with Gasteiger partial charge in [0.15, 0.2) is 5.65 Å². The Balaban J connectivity index is 2.61. The van der Waals surface area contributed by atoms with Crippen LogP contribution in [0.2, 0.25) is 0 Å². The second-order valence-electron chi connectivity index (χ2n) is 3.68. The summed E-state index contributed by atoms with van der Waals surface area (Å²) in [5.74, 6) is 0.621.